The third-order valence-electron chi connectivity index (χ3n) is 3.11. The third-order valence-corrected chi connectivity index (χ3v) is 3.86. The molecule has 0 fully saturated rings. The number of nitrogens with zero attached hydrogens (tertiary/aromatic N) is 2. The Morgan fingerprint density at radius 3 is 2.62 bits per heavy atom. The second-order valence-corrected chi connectivity index (χ2v) is 5.62. The Bertz CT molecular complexity index is 803. The molecule has 0 spiro atoms. The fourth-order valence-corrected chi connectivity index (χ4v) is 2.66. The van der Waals surface area contributed by atoms with Gasteiger partial charge in [0, 0.05) is 11.6 Å². The Kier molecular flexibility index (Phi) is 5.02. The first kappa shape index (κ1) is 15.9. The Balaban J connectivity index is 1.54. The minimum absolute atomic E-state index is 0.0924. The summed E-state index contributed by atoms with van der Waals surface area (Å²) in [6.07, 6.45) is 1.70. The van der Waals surface area contributed by atoms with Gasteiger partial charge in [0.05, 0.1) is 12.8 Å². The molecule has 0 aliphatic heterocycles. The number of ether oxygens (including phenoxy) is 2. The predicted molar refractivity (Wildman–Crippen MR) is 92.5 cm³/mol. The smallest absolute Gasteiger partial charge is 0.264 e. The van der Waals surface area contributed by atoms with Crippen molar-refractivity contribution in [3.05, 3.63) is 54.0 Å². The normalized spacial score (nSPS) is 10.2. The van der Waals surface area contributed by atoms with E-state index < -0.39 is 0 Å². The molecule has 0 atom stereocenters. The lowest BCUT2D eigenvalue weighted by Crippen LogP contribution is -2.20. The standard InChI is InChI=1S/C17H15N3O3S/c1-22-12-5-7-13(8-6-12)23-10-16(21)20-17-19-15(11-24-17)14-4-2-3-9-18-14/h2-9,11H,10H2,1H3,(H,19,20,21). The maximum absolute atomic E-state index is 11.9. The van der Waals surface area contributed by atoms with E-state index in [1.165, 1.54) is 11.3 Å². The monoisotopic (exact) mass is 341 g/mol. The molecular weight excluding hydrogens is 326 g/mol. The van der Waals surface area contributed by atoms with Gasteiger partial charge in [-0.15, -0.1) is 11.3 Å². The lowest BCUT2D eigenvalue weighted by atomic mass is 10.3. The van der Waals surface area contributed by atoms with Gasteiger partial charge in [-0.2, -0.15) is 0 Å². The highest BCUT2D eigenvalue weighted by molar-refractivity contribution is 7.14. The molecule has 0 radical (unpaired) electrons. The summed E-state index contributed by atoms with van der Waals surface area (Å²) in [5.41, 5.74) is 1.50. The maximum atomic E-state index is 11.9. The van der Waals surface area contributed by atoms with E-state index >= 15 is 0 Å². The molecule has 1 N–H and O–H groups in total. The number of carbonyl (C=O) groups excluding carboxylic acids is 1. The van der Waals surface area contributed by atoms with Crippen molar-refractivity contribution in [3.63, 3.8) is 0 Å². The number of amides is 1. The highest BCUT2D eigenvalue weighted by Gasteiger charge is 2.09. The first-order valence-electron chi connectivity index (χ1n) is 7.18. The number of pyridine rings is 1. The largest absolute Gasteiger partial charge is 0.497 e. The molecule has 0 unspecified atom stereocenters. The molecule has 122 valence electrons. The topological polar surface area (TPSA) is 73.3 Å². The first-order chi connectivity index (χ1) is 11.7. The number of carbonyl (C=O) groups is 1. The van der Waals surface area contributed by atoms with E-state index in [1.807, 2.05) is 23.6 Å². The van der Waals surface area contributed by atoms with Crippen LogP contribution < -0.4 is 14.8 Å². The number of hydrogen-bond donors (Lipinski definition) is 1. The van der Waals surface area contributed by atoms with Crippen LogP contribution in [0.25, 0.3) is 11.4 Å². The van der Waals surface area contributed by atoms with Crippen molar-refractivity contribution in [2.75, 3.05) is 19.0 Å². The quantitative estimate of drug-likeness (QED) is 0.745. The van der Waals surface area contributed by atoms with Gasteiger partial charge in [0.15, 0.2) is 11.7 Å². The zero-order chi connectivity index (χ0) is 16.8. The van der Waals surface area contributed by atoms with Crippen molar-refractivity contribution in [1.29, 1.82) is 0 Å². The molecule has 3 rings (SSSR count). The fraction of sp³-hybridized carbons (Fsp3) is 0.118. The van der Waals surface area contributed by atoms with Crippen LogP contribution in [0.2, 0.25) is 0 Å². The van der Waals surface area contributed by atoms with Crippen molar-refractivity contribution < 1.29 is 14.3 Å². The number of aromatic nitrogens is 2. The summed E-state index contributed by atoms with van der Waals surface area (Å²) >= 11 is 1.34. The predicted octanol–water partition coefficient (Wildman–Crippen LogP) is 3.23. The van der Waals surface area contributed by atoms with E-state index in [0.717, 1.165) is 17.1 Å². The maximum Gasteiger partial charge on any atom is 0.264 e. The van der Waals surface area contributed by atoms with Crippen LogP contribution in [0.5, 0.6) is 11.5 Å². The molecule has 0 aliphatic carbocycles. The summed E-state index contributed by atoms with van der Waals surface area (Å²) in [4.78, 5) is 20.5. The van der Waals surface area contributed by atoms with Crippen molar-refractivity contribution in [1.82, 2.24) is 9.97 Å². The Labute approximate surface area is 143 Å². The van der Waals surface area contributed by atoms with Crippen LogP contribution >= 0.6 is 11.3 Å². The molecule has 7 heteroatoms. The van der Waals surface area contributed by atoms with Gasteiger partial charge >= 0.3 is 0 Å². The number of hydrogen-bond acceptors (Lipinski definition) is 6. The number of anilines is 1. The molecule has 0 aliphatic rings. The van der Waals surface area contributed by atoms with E-state index in [2.05, 4.69) is 15.3 Å². The summed E-state index contributed by atoms with van der Waals surface area (Å²) in [6.45, 7) is -0.0924. The lowest BCUT2D eigenvalue weighted by Gasteiger charge is -2.06. The number of methoxy groups -OCH3 is 1. The molecule has 1 aromatic carbocycles. The van der Waals surface area contributed by atoms with Crippen molar-refractivity contribution >= 4 is 22.4 Å². The van der Waals surface area contributed by atoms with Crippen LogP contribution in [0.15, 0.2) is 54.0 Å². The number of rotatable bonds is 6. The van der Waals surface area contributed by atoms with Crippen LogP contribution in [0.1, 0.15) is 0 Å². The van der Waals surface area contributed by atoms with Crippen LogP contribution in [0, 0.1) is 0 Å². The van der Waals surface area contributed by atoms with Crippen LogP contribution in [-0.2, 0) is 4.79 Å². The minimum Gasteiger partial charge on any atom is -0.497 e. The van der Waals surface area contributed by atoms with Crippen LogP contribution in [0.4, 0.5) is 5.13 Å². The van der Waals surface area contributed by atoms with E-state index in [4.69, 9.17) is 9.47 Å². The van der Waals surface area contributed by atoms with Gasteiger partial charge in [0.25, 0.3) is 5.91 Å². The Hall–Kier alpha value is -2.93. The van der Waals surface area contributed by atoms with Crippen LogP contribution in [-0.4, -0.2) is 29.6 Å². The SMILES string of the molecule is COc1ccc(OCC(=O)Nc2nc(-c3ccccn3)cs2)cc1. The van der Waals surface area contributed by atoms with Gasteiger partial charge in [0.1, 0.15) is 17.2 Å². The highest BCUT2D eigenvalue weighted by Crippen LogP contribution is 2.23. The van der Waals surface area contributed by atoms with Gasteiger partial charge in [-0.1, -0.05) is 6.07 Å². The number of nitrogens with one attached hydrogen (secondary N) is 1. The van der Waals surface area contributed by atoms with E-state index in [1.54, 1.807) is 37.6 Å². The van der Waals surface area contributed by atoms with E-state index in [-0.39, 0.29) is 12.5 Å². The van der Waals surface area contributed by atoms with Crippen molar-refractivity contribution in [2.24, 2.45) is 0 Å². The minimum atomic E-state index is -0.271. The van der Waals surface area contributed by atoms with Gasteiger partial charge < -0.3 is 9.47 Å². The number of benzene rings is 1. The van der Waals surface area contributed by atoms with Crippen molar-refractivity contribution in [2.45, 2.75) is 0 Å². The lowest BCUT2D eigenvalue weighted by molar-refractivity contribution is -0.118. The number of thiazole rings is 1. The zero-order valence-electron chi connectivity index (χ0n) is 12.9. The Morgan fingerprint density at radius 2 is 1.92 bits per heavy atom. The van der Waals surface area contributed by atoms with Crippen LogP contribution in [0.3, 0.4) is 0 Å². The summed E-state index contributed by atoms with van der Waals surface area (Å²) in [5.74, 6) is 1.06. The van der Waals surface area contributed by atoms with Gasteiger partial charge in [-0.25, -0.2) is 4.98 Å². The van der Waals surface area contributed by atoms with Crippen molar-refractivity contribution in [3.8, 4) is 22.9 Å². The molecule has 6 nitrogen and oxygen atoms in total. The molecular formula is C17H15N3O3S. The Morgan fingerprint density at radius 1 is 1.12 bits per heavy atom. The summed E-state index contributed by atoms with van der Waals surface area (Å²) in [6, 6.07) is 12.6. The van der Waals surface area contributed by atoms with E-state index in [0.29, 0.717) is 10.9 Å². The average molecular weight is 341 g/mol. The second kappa shape index (κ2) is 7.56. The summed E-state index contributed by atoms with van der Waals surface area (Å²) < 4.78 is 10.5. The second-order valence-electron chi connectivity index (χ2n) is 4.77. The third kappa shape index (κ3) is 4.08. The summed E-state index contributed by atoms with van der Waals surface area (Å²) in [5, 5.41) is 5.08. The fourth-order valence-electron chi connectivity index (χ4n) is 1.94. The molecule has 0 saturated carbocycles. The van der Waals surface area contributed by atoms with Gasteiger partial charge in [0.2, 0.25) is 0 Å². The molecule has 3 aromatic rings. The molecule has 0 saturated heterocycles. The highest BCUT2D eigenvalue weighted by atomic mass is 32.1. The van der Waals surface area contributed by atoms with E-state index in [9.17, 15) is 4.79 Å². The molecule has 2 heterocycles. The molecule has 0 bridgehead atoms. The zero-order valence-corrected chi connectivity index (χ0v) is 13.7. The molecule has 1 amide bonds. The first-order valence-corrected chi connectivity index (χ1v) is 8.06. The van der Waals surface area contributed by atoms with Gasteiger partial charge in [-0.05, 0) is 36.4 Å². The average Bonchev–Trinajstić information content (AvgIpc) is 3.09. The molecule has 24 heavy (non-hydrogen) atoms. The molecule has 2 aromatic heterocycles. The van der Waals surface area contributed by atoms with Gasteiger partial charge in [-0.3, -0.25) is 15.1 Å². The summed E-state index contributed by atoms with van der Waals surface area (Å²) in [7, 11) is 1.59.